The standard InChI is InChI=1S/C63H41N3/c1-4-14-42(15-5-1)43-24-26-44(27-25-43)45-28-30-46(31-29-45)47-32-34-48(35-33-47)49-36-38-50(39-37-49)53-40-58-56-22-11-10-20-54(56)55-21-12-13-23-57(55)60(58)59(41-53)63-65-61(51-16-6-2-7-17-51)64-62(66-63)52-18-8-3-9-19-52/h1-41H. The minimum atomic E-state index is 0.638. The molecule has 12 aromatic rings. The molecule has 0 aliphatic carbocycles. The quantitative estimate of drug-likeness (QED) is 0.143. The smallest absolute Gasteiger partial charge is 0.164 e. The van der Waals surface area contributed by atoms with Crippen LogP contribution in [0.25, 0.3) is 122 Å². The molecule has 0 amide bonds. The molecule has 0 radical (unpaired) electrons. The van der Waals surface area contributed by atoms with Crippen LogP contribution in [0.15, 0.2) is 249 Å². The van der Waals surface area contributed by atoms with Crippen molar-refractivity contribution in [1.82, 2.24) is 15.0 Å². The fourth-order valence-corrected chi connectivity index (χ4v) is 9.36. The largest absolute Gasteiger partial charge is 0.208 e. The molecule has 3 heteroatoms. The molecule has 1 aromatic heterocycles. The normalized spacial score (nSPS) is 11.3. The molecule has 11 aromatic carbocycles. The Morgan fingerprint density at radius 1 is 0.182 bits per heavy atom. The Labute approximate surface area is 384 Å². The molecule has 12 rings (SSSR count). The molecule has 0 fully saturated rings. The summed E-state index contributed by atoms with van der Waals surface area (Å²) >= 11 is 0. The van der Waals surface area contributed by atoms with Crippen LogP contribution in [0, 0.1) is 0 Å². The zero-order valence-electron chi connectivity index (χ0n) is 36.0. The Morgan fingerprint density at radius 3 is 0.848 bits per heavy atom. The molecule has 0 saturated heterocycles. The molecule has 308 valence electrons. The van der Waals surface area contributed by atoms with Crippen molar-refractivity contribution >= 4 is 32.3 Å². The summed E-state index contributed by atoms with van der Waals surface area (Å²) in [6.45, 7) is 0. The van der Waals surface area contributed by atoms with Gasteiger partial charge in [-0.05, 0) is 94.7 Å². The molecule has 0 unspecified atom stereocenters. The highest BCUT2D eigenvalue weighted by molar-refractivity contribution is 6.28. The zero-order chi connectivity index (χ0) is 43.8. The van der Waals surface area contributed by atoms with Gasteiger partial charge in [-0.2, -0.15) is 0 Å². The molecular weight excluding hydrogens is 799 g/mol. The zero-order valence-corrected chi connectivity index (χ0v) is 36.0. The van der Waals surface area contributed by atoms with E-state index in [4.69, 9.17) is 15.0 Å². The second-order valence-corrected chi connectivity index (χ2v) is 16.8. The van der Waals surface area contributed by atoms with Gasteiger partial charge in [-0.3, -0.25) is 0 Å². The highest BCUT2D eigenvalue weighted by Crippen LogP contribution is 2.43. The van der Waals surface area contributed by atoms with Crippen molar-refractivity contribution in [2.75, 3.05) is 0 Å². The van der Waals surface area contributed by atoms with Crippen molar-refractivity contribution in [3.63, 3.8) is 0 Å². The number of rotatable bonds is 8. The van der Waals surface area contributed by atoms with Crippen molar-refractivity contribution in [3.05, 3.63) is 249 Å². The van der Waals surface area contributed by atoms with E-state index in [0.717, 1.165) is 44.2 Å². The van der Waals surface area contributed by atoms with Crippen LogP contribution >= 0.6 is 0 Å². The highest BCUT2D eigenvalue weighted by Gasteiger charge is 2.20. The first-order chi connectivity index (χ1) is 32.7. The summed E-state index contributed by atoms with van der Waals surface area (Å²) in [7, 11) is 0. The van der Waals surface area contributed by atoms with Crippen LogP contribution in [0.4, 0.5) is 0 Å². The van der Waals surface area contributed by atoms with E-state index >= 15 is 0 Å². The fourth-order valence-electron chi connectivity index (χ4n) is 9.36. The lowest BCUT2D eigenvalue weighted by Crippen LogP contribution is -2.01. The first-order valence-electron chi connectivity index (χ1n) is 22.4. The van der Waals surface area contributed by atoms with Crippen LogP contribution < -0.4 is 0 Å². The fraction of sp³-hybridized carbons (Fsp3) is 0. The number of fused-ring (bicyclic) bond motifs is 6. The molecule has 66 heavy (non-hydrogen) atoms. The Morgan fingerprint density at radius 2 is 0.455 bits per heavy atom. The Bertz CT molecular complexity index is 3620. The van der Waals surface area contributed by atoms with Crippen LogP contribution in [0.3, 0.4) is 0 Å². The van der Waals surface area contributed by atoms with Gasteiger partial charge >= 0.3 is 0 Å². The average molecular weight is 840 g/mol. The van der Waals surface area contributed by atoms with Gasteiger partial charge in [-0.15, -0.1) is 0 Å². The van der Waals surface area contributed by atoms with Gasteiger partial charge in [-0.25, -0.2) is 15.0 Å². The molecule has 3 nitrogen and oxygen atoms in total. The highest BCUT2D eigenvalue weighted by atomic mass is 15.0. The van der Waals surface area contributed by atoms with E-state index < -0.39 is 0 Å². The van der Waals surface area contributed by atoms with Gasteiger partial charge in [0.2, 0.25) is 0 Å². The van der Waals surface area contributed by atoms with Gasteiger partial charge in [0.15, 0.2) is 17.5 Å². The maximum Gasteiger partial charge on any atom is 0.164 e. The van der Waals surface area contributed by atoms with Crippen molar-refractivity contribution in [2.24, 2.45) is 0 Å². The second kappa shape index (κ2) is 16.7. The maximum absolute atomic E-state index is 5.26. The third-order valence-corrected chi connectivity index (χ3v) is 12.8. The molecule has 0 aliphatic rings. The number of benzene rings is 11. The van der Waals surface area contributed by atoms with E-state index in [9.17, 15) is 0 Å². The maximum atomic E-state index is 5.26. The molecule has 0 aliphatic heterocycles. The molecule has 0 N–H and O–H groups in total. The second-order valence-electron chi connectivity index (χ2n) is 16.8. The number of hydrogen-bond acceptors (Lipinski definition) is 3. The summed E-state index contributed by atoms with van der Waals surface area (Å²) in [5.41, 5.74) is 14.6. The average Bonchev–Trinajstić information content (AvgIpc) is 3.41. The third-order valence-electron chi connectivity index (χ3n) is 12.8. The predicted octanol–water partition coefficient (Wildman–Crippen LogP) is 16.7. The third kappa shape index (κ3) is 7.29. The summed E-state index contributed by atoms with van der Waals surface area (Å²) in [4.78, 5) is 15.6. The van der Waals surface area contributed by atoms with Crippen molar-refractivity contribution < 1.29 is 0 Å². The van der Waals surface area contributed by atoms with Crippen molar-refractivity contribution in [3.8, 4) is 89.8 Å². The molecule has 0 saturated carbocycles. The minimum Gasteiger partial charge on any atom is -0.208 e. The Kier molecular flexibility index (Phi) is 9.85. The number of hydrogen-bond donors (Lipinski definition) is 0. The summed E-state index contributed by atoms with van der Waals surface area (Å²) in [5, 5.41) is 7.07. The van der Waals surface area contributed by atoms with Crippen LogP contribution in [-0.2, 0) is 0 Å². The molecule has 0 atom stereocenters. The van der Waals surface area contributed by atoms with Gasteiger partial charge in [0.05, 0.1) is 0 Å². The monoisotopic (exact) mass is 839 g/mol. The first-order valence-corrected chi connectivity index (χ1v) is 22.4. The summed E-state index contributed by atoms with van der Waals surface area (Å²) in [5.74, 6) is 1.92. The van der Waals surface area contributed by atoms with E-state index in [-0.39, 0.29) is 0 Å². The first kappa shape index (κ1) is 38.9. The van der Waals surface area contributed by atoms with Crippen LogP contribution in [0.1, 0.15) is 0 Å². The molecular formula is C63H41N3. The predicted molar refractivity (Wildman–Crippen MR) is 276 cm³/mol. The summed E-state index contributed by atoms with van der Waals surface area (Å²) in [6, 6.07) is 88.5. The Balaban J connectivity index is 0.912. The van der Waals surface area contributed by atoms with Crippen LogP contribution in [0.2, 0.25) is 0 Å². The van der Waals surface area contributed by atoms with Crippen molar-refractivity contribution in [1.29, 1.82) is 0 Å². The lowest BCUT2D eigenvalue weighted by Gasteiger charge is -2.17. The van der Waals surface area contributed by atoms with Crippen molar-refractivity contribution in [2.45, 2.75) is 0 Å². The van der Waals surface area contributed by atoms with Crippen LogP contribution in [-0.4, -0.2) is 15.0 Å². The van der Waals surface area contributed by atoms with Gasteiger partial charge < -0.3 is 0 Å². The molecule has 0 bridgehead atoms. The lowest BCUT2D eigenvalue weighted by molar-refractivity contribution is 1.08. The summed E-state index contributed by atoms with van der Waals surface area (Å²) < 4.78 is 0. The van der Waals surface area contributed by atoms with E-state index in [1.807, 2.05) is 36.4 Å². The van der Waals surface area contributed by atoms with Gasteiger partial charge in [0.25, 0.3) is 0 Å². The van der Waals surface area contributed by atoms with E-state index in [1.54, 1.807) is 0 Å². The van der Waals surface area contributed by atoms with Gasteiger partial charge in [-0.1, -0.05) is 237 Å². The number of aromatic nitrogens is 3. The van der Waals surface area contributed by atoms with E-state index in [2.05, 4.69) is 212 Å². The summed E-state index contributed by atoms with van der Waals surface area (Å²) in [6.07, 6.45) is 0. The molecule has 1 heterocycles. The van der Waals surface area contributed by atoms with Gasteiger partial charge in [0.1, 0.15) is 0 Å². The van der Waals surface area contributed by atoms with Gasteiger partial charge in [0, 0.05) is 22.1 Å². The number of nitrogens with zero attached hydrogens (tertiary/aromatic N) is 3. The van der Waals surface area contributed by atoms with Crippen LogP contribution in [0.5, 0.6) is 0 Å². The SMILES string of the molecule is c1ccc(-c2ccc(-c3ccc(-c4ccc(-c5ccc(-c6cc(-c7nc(-c8ccccc8)nc(-c8ccccc8)n7)c7c8ccccc8c8ccccc8c7c6)cc5)cc4)cc3)cc2)cc1. The minimum absolute atomic E-state index is 0.638. The molecule has 0 spiro atoms. The lowest BCUT2D eigenvalue weighted by atomic mass is 9.88. The topological polar surface area (TPSA) is 38.7 Å². The van der Waals surface area contributed by atoms with E-state index in [0.29, 0.717) is 17.5 Å². The Hall–Kier alpha value is -8.79. The van der Waals surface area contributed by atoms with E-state index in [1.165, 1.54) is 60.5 Å².